The molecular formula is C14H18N2. The maximum atomic E-state index is 4.09. The van der Waals surface area contributed by atoms with Crippen LogP contribution in [0.1, 0.15) is 29.2 Å². The Kier molecular flexibility index (Phi) is 4.18. The highest BCUT2D eigenvalue weighted by Gasteiger charge is 2.08. The van der Waals surface area contributed by atoms with Gasteiger partial charge in [-0.1, -0.05) is 17.7 Å². The molecule has 1 aromatic carbocycles. The summed E-state index contributed by atoms with van der Waals surface area (Å²) in [5, 5.41) is 0. The summed E-state index contributed by atoms with van der Waals surface area (Å²) < 4.78 is 0. The molecule has 0 aliphatic heterocycles. The van der Waals surface area contributed by atoms with Crippen LogP contribution < -0.4 is 0 Å². The van der Waals surface area contributed by atoms with E-state index < -0.39 is 0 Å². The van der Waals surface area contributed by atoms with Crippen molar-refractivity contribution in [1.82, 2.24) is 0 Å². The molecule has 0 aliphatic carbocycles. The number of rotatable bonds is 3. The van der Waals surface area contributed by atoms with Gasteiger partial charge in [0.05, 0.1) is 5.70 Å². The third-order valence-electron chi connectivity index (χ3n) is 2.51. The molecule has 0 unspecified atom stereocenters. The van der Waals surface area contributed by atoms with Gasteiger partial charge >= 0.3 is 0 Å². The first-order valence-electron chi connectivity index (χ1n) is 5.30. The van der Waals surface area contributed by atoms with E-state index in [0.717, 1.165) is 16.8 Å². The van der Waals surface area contributed by atoms with Gasteiger partial charge in [0.1, 0.15) is 0 Å². The quantitative estimate of drug-likeness (QED) is 0.689. The van der Waals surface area contributed by atoms with E-state index in [9.17, 15) is 0 Å². The van der Waals surface area contributed by atoms with Crippen LogP contribution in [0.5, 0.6) is 0 Å². The van der Waals surface area contributed by atoms with Crippen LogP contribution >= 0.6 is 0 Å². The fourth-order valence-corrected chi connectivity index (χ4v) is 1.82. The van der Waals surface area contributed by atoms with E-state index in [1.54, 1.807) is 7.05 Å². The first-order chi connectivity index (χ1) is 7.63. The number of aryl methyl sites for hydroxylation is 2. The summed E-state index contributed by atoms with van der Waals surface area (Å²) in [4.78, 5) is 8.15. The summed E-state index contributed by atoms with van der Waals surface area (Å²) in [7, 11) is 1.78. The van der Waals surface area contributed by atoms with E-state index in [0.29, 0.717) is 0 Å². The largest absolute Gasteiger partial charge is 0.296 e. The number of benzene rings is 1. The lowest BCUT2D eigenvalue weighted by Crippen LogP contribution is -1.96. The molecule has 0 atom stereocenters. The Hall–Kier alpha value is -1.70. The molecule has 84 valence electrons. The maximum absolute atomic E-state index is 4.09. The normalized spacial score (nSPS) is 12.1. The van der Waals surface area contributed by atoms with Gasteiger partial charge in [-0.05, 0) is 39.1 Å². The Bertz CT molecular complexity index is 454. The summed E-state index contributed by atoms with van der Waals surface area (Å²) in [6, 6.07) is 4.27. The molecule has 0 heterocycles. The van der Waals surface area contributed by atoms with Crippen molar-refractivity contribution in [3.8, 4) is 0 Å². The summed E-state index contributed by atoms with van der Waals surface area (Å²) in [5.74, 6) is 0. The van der Waals surface area contributed by atoms with Crippen molar-refractivity contribution in [2.24, 2.45) is 9.98 Å². The van der Waals surface area contributed by atoms with Gasteiger partial charge < -0.3 is 0 Å². The molecule has 0 N–H and O–H groups in total. The average molecular weight is 214 g/mol. The van der Waals surface area contributed by atoms with E-state index in [1.807, 2.05) is 19.2 Å². The fourth-order valence-electron chi connectivity index (χ4n) is 1.82. The standard InChI is InChI=1S/C14H18N2/c1-6-14(16-5)12-8-10(2)7-11(3)13(12)9-15-4/h6-9H,5H2,1-4H3/b14-6-,15-9-. The van der Waals surface area contributed by atoms with Gasteiger partial charge in [-0.25, -0.2) is 0 Å². The molecule has 2 heteroatoms. The fraction of sp³-hybridized carbons (Fsp3) is 0.286. The number of hydrogen-bond acceptors (Lipinski definition) is 2. The smallest absolute Gasteiger partial charge is 0.0658 e. The highest BCUT2D eigenvalue weighted by molar-refractivity contribution is 5.90. The number of hydrogen-bond donors (Lipinski definition) is 0. The second kappa shape index (κ2) is 5.40. The van der Waals surface area contributed by atoms with Crippen LogP contribution in [0.15, 0.2) is 28.2 Å². The Morgan fingerprint density at radius 3 is 2.50 bits per heavy atom. The lowest BCUT2D eigenvalue weighted by Gasteiger charge is -2.10. The molecule has 0 aliphatic rings. The Balaban J connectivity index is 3.51. The monoisotopic (exact) mass is 214 g/mol. The van der Waals surface area contributed by atoms with Gasteiger partial charge in [0, 0.05) is 24.4 Å². The first-order valence-corrected chi connectivity index (χ1v) is 5.30. The van der Waals surface area contributed by atoms with Crippen molar-refractivity contribution in [1.29, 1.82) is 0 Å². The van der Waals surface area contributed by atoms with Crippen molar-refractivity contribution in [2.45, 2.75) is 20.8 Å². The van der Waals surface area contributed by atoms with E-state index in [4.69, 9.17) is 0 Å². The van der Waals surface area contributed by atoms with Crippen molar-refractivity contribution < 1.29 is 0 Å². The second-order valence-corrected chi connectivity index (χ2v) is 3.76. The minimum Gasteiger partial charge on any atom is -0.296 e. The number of nitrogens with zero attached hydrogens (tertiary/aromatic N) is 2. The van der Waals surface area contributed by atoms with E-state index >= 15 is 0 Å². The average Bonchev–Trinajstić information content (AvgIpc) is 2.24. The van der Waals surface area contributed by atoms with Crippen molar-refractivity contribution >= 4 is 18.6 Å². The number of allylic oxidation sites excluding steroid dienone is 1. The van der Waals surface area contributed by atoms with Gasteiger partial charge in [0.25, 0.3) is 0 Å². The van der Waals surface area contributed by atoms with Crippen LogP contribution in [0.25, 0.3) is 5.70 Å². The lowest BCUT2D eigenvalue weighted by atomic mass is 9.97. The van der Waals surface area contributed by atoms with E-state index in [1.165, 1.54) is 11.1 Å². The van der Waals surface area contributed by atoms with Crippen molar-refractivity contribution in [3.63, 3.8) is 0 Å². The molecule has 0 amide bonds. The van der Waals surface area contributed by atoms with Gasteiger partial charge in [-0.2, -0.15) is 0 Å². The zero-order valence-corrected chi connectivity index (χ0v) is 10.4. The molecule has 16 heavy (non-hydrogen) atoms. The van der Waals surface area contributed by atoms with Crippen LogP contribution in [0.3, 0.4) is 0 Å². The molecule has 0 bridgehead atoms. The minimum atomic E-state index is 0.904. The van der Waals surface area contributed by atoms with Crippen LogP contribution in [0.2, 0.25) is 0 Å². The predicted molar refractivity (Wildman–Crippen MR) is 72.6 cm³/mol. The van der Waals surface area contributed by atoms with E-state index in [2.05, 4.69) is 42.7 Å². The Morgan fingerprint density at radius 1 is 1.31 bits per heavy atom. The molecule has 0 saturated heterocycles. The molecule has 0 fully saturated rings. The highest BCUT2D eigenvalue weighted by atomic mass is 14.7. The maximum Gasteiger partial charge on any atom is 0.0658 e. The molecule has 1 aromatic rings. The van der Waals surface area contributed by atoms with Crippen LogP contribution in [0.4, 0.5) is 0 Å². The zero-order valence-electron chi connectivity index (χ0n) is 10.4. The third-order valence-corrected chi connectivity index (χ3v) is 2.51. The van der Waals surface area contributed by atoms with Gasteiger partial charge in [-0.3, -0.25) is 9.98 Å². The Labute approximate surface area is 97.5 Å². The molecule has 1 rings (SSSR count). The van der Waals surface area contributed by atoms with Gasteiger partial charge in [-0.15, -0.1) is 0 Å². The van der Waals surface area contributed by atoms with E-state index in [-0.39, 0.29) is 0 Å². The molecular weight excluding hydrogens is 196 g/mol. The summed E-state index contributed by atoms with van der Waals surface area (Å²) in [6.07, 6.45) is 3.84. The highest BCUT2D eigenvalue weighted by Crippen LogP contribution is 2.23. The lowest BCUT2D eigenvalue weighted by molar-refractivity contribution is 1.33. The molecule has 0 spiro atoms. The molecule has 2 nitrogen and oxygen atoms in total. The molecule has 0 aromatic heterocycles. The van der Waals surface area contributed by atoms with Gasteiger partial charge in [0.2, 0.25) is 0 Å². The van der Waals surface area contributed by atoms with Crippen LogP contribution in [-0.4, -0.2) is 20.0 Å². The predicted octanol–water partition coefficient (Wildman–Crippen LogP) is 3.41. The second-order valence-electron chi connectivity index (χ2n) is 3.76. The number of aliphatic imine (C=N–C) groups is 2. The first kappa shape index (κ1) is 12.4. The summed E-state index contributed by atoms with van der Waals surface area (Å²) in [5.41, 5.74) is 5.56. The van der Waals surface area contributed by atoms with Crippen LogP contribution in [0, 0.1) is 13.8 Å². The van der Waals surface area contributed by atoms with Crippen molar-refractivity contribution in [3.05, 3.63) is 40.5 Å². The van der Waals surface area contributed by atoms with Crippen LogP contribution in [-0.2, 0) is 0 Å². The topological polar surface area (TPSA) is 24.7 Å². The Morgan fingerprint density at radius 2 is 2.00 bits per heavy atom. The van der Waals surface area contributed by atoms with Gasteiger partial charge in [0.15, 0.2) is 0 Å². The molecule has 0 radical (unpaired) electrons. The SMILES string of the molecule is C=N/C(=C\C)c1cc(C)cc(C)c1/C=N\C. The summed E-state index contributed by atoms with van der Waals surface area (Å²) in [6.45, 7) is 9.74. The minimum absolute atomic E-state index is 0.904. The molecule has 0 saturated carbocycles. The third kappa shape index (κ3) is 2.45. The summed E-state index contributed by atoms with van der Waals surface area (Å²) >= 11 is 0. The van der Waals surface area contributed by atoms with Crippen molar-refractivity contribution in [2.75, 3.05) is 7.05 Å². The zero-order chi connectivity index (χ0) is 12.1.